The molecular weight excluding hydrogens is 420 g/mol. The third-order valence-electron chi connectivity index (χ3n) is 6.89. The Morgan fingerprint density at radius 1 is 1.07 bits per heavy atom. The van der Waals surface area contributed by atoms with E-state index in [1.54, 1.807) is 11.9 Å². The molecule has 0 saturated carbocycles. The minimum atomic E-state index is -0.750. The van der Waals surface area contributed by atoms with E-state index in [4.69, 9.17) is 12.2 Å². The Bertz CT molecular complexity index is 961. The van der Waals surface area contributed by atoms with Crippen molar-refractivity contribution in [1.82, 2.24) is 10.2 Å². The summed E-state index contributed by atoms with van der Waals surface area (Å²) >= 11 is 9.14. The van der Waals surface area contributed by atoms with Crippen molar-refractivity contribution >= 4 is 39.2 Å². The Morgan fingerprint density at radius 3 is 2.33 bits per heavy atom. The quantitative estimate of drug-likeness (QED) is 0.625. The van der Waals surface area contributed by atoms with Crippen LogP contribution in [0.2, 0.25) is 0 Å². The van der Waals surface area contributed by atoms with Gasteiger partial charge in [0, 0.05) is 16.9 Å². The van der Waals surface area contributed by atoms with Gasteiger partial charge in [0.1, 0.15) is 0 Å². The predicted octanol–water partition coefficient (Wildman–Crippen LogP) is 4.11. The van der Waals surface area contributed by atoms with Crippen molar-refractivity contribution in [3.63, 3.8) is 0 Å². The molecule has 1 amide bonds. The monoisotopic (exact) mass is 440 g/mol. The second-order valence-corrected chi connectivity index (χ2v) is 9.37. The zero-order valence-corrected chi connectivity index (χ0v) is 17.6. The number of nitrogens with one attached hydrogen (secondary N) is 1. The minimum Gasteiger partial charge on any atom is -0.344 e. The average molecular weight is 441 g/mol. The highest BCUT2D eigenvalue weighted by molar-refractivity contribution is 9.10. The van der Waals surface area contributed by atoms with E-state index in [-0.39, 0.29) is 11.3 Å². The Labute approximate surface area is 173 Å². The van der Waals surface area contributed by atoms with Crippen molar-refractivity contribution in [1.29, 1.82) is 0 Å². The summed E-state index contributed by atoms with van der Waals surface area (Å²) in [6.07, 6.45) is 4.87. The van der Waals surface area contributed by atoms with Crippen LogP contribution in [0, 0.1) is 5.41 Å². The van der Waals surface area contributed by atoms with E-state index in [9.17, 15) is 4.79 Å². The second-order valence-electron chi connectivity index (χ2n) is 8.07. The number of halogens is 1. The maximum atomic E-state index is 13.6. The standard InChI is InChI=1S/C22H21BrN2OS/c1-25-19(26)22(24-20(25)27)18-12-17(23)7-6-16(18)13-21(22)10-8-14-4-2-3-5-15(14)9-11-21/h2-7,12H,8-11,13H2,1H3,(H,24,27). The highest BCUT2D eigenvalue weighted by atomic mass is 79.9. The number of hydrogen-bond donors (Lipinski definition) is 1. The molecule has 3 aliphatic rings. The first kappa shape index (κ1) is 17.4. The highest BCUT2D eigenvalue weighted by Crippen LogP contribution is 2.58. The van der Waals surface area contributed by atoms with Gasteiger partial charge < -0.3 is 5.32 Å². The van der Waals surface area contributed by atoms with Gasteiger partial charge in [-0.1, -0.05) is 46.3 Å². The maximum Gasteiger partial charge on any atom is 0.259 e. The van der Waals surface area contributed by atoms with Gasteiger partial charge in [0.2, 0.25) is 0 Å². The van der Waals surface area contributed by atoms with Crippen LogP contribution in [0.4, 0.5) is 0 Å². The van der Waals surface area contributed by atoms with E-state index in [2.05, 4.69) is 63.7 Å². The summed E-state index contributed by atoms with van der Waals surface area (Å²) in [5.41, 5.74) is 4.29. The van der Waals surface area contributed by atoms with Gasteiger partial charge in [-0.05, 0) is 78.7 Å². The number of amides is 1. The van der Waals surface area contributed by atoms with Gasteiger partial charge in [0.15, 0.2) is 10.7 Å². The number of hydrogen-bond acceptors (Lipinski definition) is 2. The Balaban J connectivity index is 1.69. The predicted molar refractivity (Wildman–Crippen MR) is 114 cm³/mol. The fourth-order valence-corrected chi connectivity index (χ4v) is 6.09. The molecule has 2 aromatic rings. The molecular formula is C22H21BrN2OS. The molecule has 1 saturated heterocycles. The minimum absolute atomic E-state index is 0.0929. The van der Waals surface area contributed by atoms with Gasteiger partial charge in [0.05, 0.1) is 0 Å². The summed E-state index contributed by atoms with van der Waals surface area (Å²) in [5, 5.41) is 4.05. The van der Waals surface area contributed by atoms with Crippen LogP contribution in [0.1, 0.15) is 35.1 Å². The highest BCUT2D eigenvalue weighted by Gasteiger charge is 2.66. The summed E-state index contributed by atoms with van der Waals surface area (Å²) < 4.78 is 1.00. The normalized spacial score (nSPS) is 25.5. The molecule has 1 fully saturated rings. The zero-order valence-electron chi connectivity index (χ0n) is 15.2. The Morgan fingerprint density at radius 2 is 1.74 bits per heavy atom. The third kappa shape index (κ3) is 2.24. The number of thiocarbonyl (C=S) groups is 1. The van der Waals surface area contributed by atoms with Crippen LogP contribution in [0.15, 0.2) is 46.9 Å². The lowest BCUT2D eigenvalue weighted by Crippen LogP contribution is -2.55. The van der Waals surface area contributed by atoms with Gasteiger partial charge in [-0.2, -0.15) is 0 Å². The van der Waals surface area contributed by atoms with Crippen molar-refractivity contribution in [2.45, 2.75) is 37.6 Å². The smallest absolute Gasteiger partial charge is 0.259 e. The average Bonchev–Trinajstić information content (AvgIpc) is 2.96. The fraction of sp³-hybridized carbons (Fsp3) is 0.364. The van der Waals surface area contributed by atoms with Crippen LogP contribution in [0.5, 0.6) is 0 Å². The van der Waals surface area contributed by atoms with Crippen LogP contribution in [0.3, 0.4) is 0 Å². The van der Waals surface area contributed by atoms with Gasteiger partial charge >= 0.3 is 0 Å². The molecule has 138 valence electrons. The number of nitrogens with zero attached hydrogens (tertiary/aromatic N) is 1. The number of benzene rings is 2. The molecule has 1 unspecified atom stereocenters. The lowest BCUT2D eigenvalue weighted by atomic mass is 9.65. The van der Waals surface area contributed by atoms with E-state index in [0.29, 0.717) is 5.11 Å². The molecule has 0 aromatic heterocycles. The molecule has 5 rings (SSSR count). The molecule has 2 spiro atoms. The summed E-state index contributed by atoms with van der Waals surface area (Å²) in [5.74, 6) is 0.0929. The number of fused-ring (bicyclic) bond motifs is 4. The number of rotatable bonds is 0. The largest absolute Gasteiger partial charge is 0.344 e. The summed E-state index contributed by atoms with van der Waals surface area (Å²) in [7, 11) is 1.79. The van der Waals surface area contributed by atoms with Crippen LogP contribution in [-0.2, 0) is 29.6 Å². The van der Waals surface area contributed by atoms with Crippen LogP contribution < -0.4 is 5.32 Å². The SMILES string of the molecule is CN1C(=O)C2(NC1=S)c1cc(Br)ccc1CC21CCc2ccccc2CC1. The Hall–Kier alpha value is -1.72. The molecule has 1 atom stereocenters. The first-order valence-electron chi connectivity index (χ1n) is 9.43. The fourth-order valence-electron chi connectivity index (χ4n) is 5.49. The number of aryl methyl sites for hydroxylation is 2. The Kier molecular flexibility index (Phi) is 3.79. The second kappa shape index (κ2) is 5.89. The molecule has 0 radical (unpaired) electrons. The van der Waals surface area contributed by atoms with Crippen molar-refractivity contribution in [2.24, 2.45) is 5.41 Å². The molecule has 1 heterocycles. The maximum absolute atomic E-state index is 13.6. The number of carbonyl (C=O) groups is 1. The van der Waals surface area contributed by atoms with Crippen molar-refractivity contribution in [3.8, 4) is 0 Å². The van der Waals surface area contributed by atoms with E-state index in [1.807, 2.05) is 0 Å². The molecule has 0 bridgehead atoms. The summed E-state index contributed by atoms with van der Waals surface area (Å²) in [6, 6.07) is 15.1. The van der Waals surface area contributed by atoms with E-state index in [0.717, 1.165) is 42.1 Å². The first-order valence-corrected chi connectivity index (χ1v) is 10.6. The van der Waals surface area contributed by atoms with Crippen LogP contribution in [-0.4, -0.2) is 23.0 Å². The number of likely N-dealkylation sites (N-methyl/N-ethyl adjacent to an activating group) is 1. The summed E-state index contributed by atoms with van der Waals surface area (Å²) in [4.78, 5) is 15.3. The lowest BCUT2D eigenvalue weighted by Gasteiger charge is -2.42. The summed E-state index contributed by atoms with van der Waals surface area (Å²) in [6.45, 7) is 0. The van der Waals surface area contributed by atoms with Crippen molar-refractivity contribution < 1.29 is 4.79 Å². The molecule has 1 N–H and O–H groups in total. The van der Waals surface area contributed by atoms with Gasteiger partial charge in [-0.15, -0.1) is 0 Å². The van der Waals surface area contributed by atoms with Gasteiger partial charge in [0.25, 0.3) is 5.91 Å². The molecule has 5 heteroatoms. The molecule has 2 aromatic carbocycles. The third-order valence-corrected chi connectivity index (χ3v) is 7.76. The lowest BCUT2D eigenvalue weighted by molar-refractivity contribution is -0.135. The van der Waals surface area contributed by atoms with E-state index in [1.165, 1.54) is 16.7 Å². The first-order chi connectivity index (χ1) is 13.0. The van der Waals surface area contributed by atoms with Crippen molar-refractivity contribution in [2.75, 3.05) is 7.05 Å². The molecule has 3 nitrogen and oxygen atoms in total. The van der Waals surface area contributed by atoms with E-state index >= 15 is 0 Å². The van der Waals surface area contributed by atoms with Crippen LogP contribution >= 0.6 is 28.1 Å². The zero-order chi connectivity index (χ0) is 18.8. The van der Waals surface area contributed by atoms with Gasteiger partial charge in [-0.3, -0.25) is 9.69 Å². The molecule has 1 aliphatic heterocycles. The molecule has 27 heavy (non-hydrogen) atoms. The number of carbonyl (C=O) groups excluding carboxylic acids is 1. The van der Waals surface area contributed by atoms with Gasteiger partial charge in [-0.25, -0.2) is 0 Å². The van der Waals surface area contributed by atoms with Crippen LogP contribution in [0.25, 0.3) is 0 Å². The molecule has 2 aliphatic carbocycles. The van der Waals surface area contributed by atoms with Crippen molar-refractivity contribution in [3.05, 3.63) is 69.2 Å². The van der Waals surface area contributed by atoms with E-state index < -0.39 is 5.54 Å². The topological polar surface area (TPSA) is 32.3 Å².